The van der Waals surface area contributed by atoms with Crippen molar-refractivity contribution in [2.45, 2.75) is 25.9 Å². The normalized spacial score (nSPS) is 15.4. The fourth-order valence-electron chi connectivity index (χ4n) is 2.49. The highest BCUT2D eigenvalue weighted by atomic mass is 16.6. The molecule has 6 nitrogen and oxygen atoms in total. The number of aliphatic carboxylic acids is 1. The van der Waals surface area contributed by atoms with Gasteiger partial charge in [0.25, 0.3) is 0 Å². The first-order chi connectivity index (χ1) is 11.2. The van der Waals surface area contributed by atoms with E-state index in [0.29, 0.717) is 52.2 Å². The Hall–Kier alpha value is -2.08. The molecule has 0 bridgehead atoms. The van der Waals surface area contributed by atoms with Gasteiger partial charge in [0, 0.05) is 19.5 Å². The monoisotopic (exact) mass is 321 g/mol. The second-order valence-corrected chi connectivity index (χ2v) is 5.61. The van der Waals surface area contributed by atoms with Crippen LogP contribution in [0.15, 0.2) is 30.3 Å². The average molecular weight is 321 g/mol. The zero-order chi connectivity index (χ0) is 16.5. The summed E-state index contributed by atoms with van der Waals surface area (Å²) in [5.74, 6) is -1.13. The van der Waals surface area contributed by atoms with Crippen molar-refractivity contribution in [1.29, 1.82) is 0 Å². The van der Waals surface area contributed by atoms with Crippen molar-refractivity contribution in [2.24, 2.45) is 5.92 Å². The molecule has 6 heteroatoms. The molecule has 126 valence electrons. The lowest BCUT2D eigenvalue weighted by molar-refractivity contribution is -0.143. The molecule has 1 aromatic rings. The second-order valence-electron chi connectivity index (χ2n) is 5.61. The van der Waals surface area contributed by atoms with Gasteiger partial charge < -0.3 is 19.5 Å². The number of likely N-dealkylation sites (tertiary alicyclic amines) is 1. The molecule has 1 N–H and O–H groups in total. The first-order valence-corrected chi connectivity index (χ1v) is 7.93. The average Bonchev–Trinajstić information content (AvgIpc) is 2.58. The van der Waals surface area contributed by atoms with Gasteiger partial charge in [-0.3, -0.25) is 4.79 Å². The van der Waals surface area contributed by atoms with E-state index in [4.69, 9.17) is 14.6 Å². The van der Waals surface area contributed by atoms with Crippen LogP contribution < -0.4 is 0 Å². The summed E-state index contributed by atoms with van der Waals surface area (Å²) in [6, 6.07) is 9.89. The standard InChI is InChI=1S/C17H23NO5/c19-16(20)15-7-9-18(10-8-15)17(21)23-12-4-11-22-13-14-5-2-1-3-6-14/h1-3,5-6,15H,4,7-13H2,(H,19,20). The smallest absolute Gasteiger partial charge is 0.409 e. The molecular weight excluding hydrogens is 298 g/mol. The Morgan fingerprint density at radius 2 is 1.83 bits per heavy atom. The Labute approximate surface area is 136 Å². The van der Waals surface area contributed by atoms with Gasteiger partial charge in [0.15, 0.2) is 0 Å². The third-order valence-corrected chi connectivity index (χ3v) is 3.87. The van der Waals surface area contributed by atoms with E-state index in [0.717, 1.165) is 5.56 Å². The van der Waals surface area contributed by atoms with Gasteiger partial charge in [-0.1, -0.05) is 30.3 Å². The molecular formula is C17H23NO5. The van der Waals surface area contributed by atoms with E-state index in [1.54, 1.807) is 4.90 Å². The van der Waals surface area contributed by atoms with E-state index < -0.39 is 5.97 Å². The number of carboxylic acid groups (broad SMARTS) is 1. The third kappa shape index (κ3) is 5.90. The molecule has 0 unspecified atom stereocenters. The molecule has 0 aliphatic carbocycles. The predicted octanol–water partition coefficient (Wildman–Crippen LogP) is 2.53. The van der Waals surface area contributed by atoms with E-state index in [1.165, 1.54) is 0 Å². The van der Waals surface area contributed by atoms with Crippen LogP contribution in [0.3, 0.4) is 0 Å². The van der Waals surface area contributed by atoms with Crippen LogP contribution in [0.25, 0.3) is 0 Å². The summed E-state index contributed by atoms with van der Waals surface area (Å²) in [6.07, 6.45) is 1.26. The molecule has 23 heavy (non-hydrogen) atoms. The van der Waals surface area contributed by atoms with Gasteiger partial charge in [-0.25, -0.2) is 4.79 Å². The second kappa shape index (κ2) is 9.15. The third-order valence-electron chi connectivity index (χ3n) is 3.87. The summed E-state index contributed by atoms with van der Waals surface area (Å²) >= 11 is 0. The molecule has 0 saturated carbocycles. The van der Waals surface area contributed by atoms with Gasteiger partial charge in [-0.15, -0.1) is 0 Å². The van der Waals surface area contributed by atoms with Crippen molar-refractivity contribution in [1.82, 2.24) is 4.90 Å². The molecule has 1 fully saturated rings. The molecule has 0 radical (unpaired) electrons. The number of hydrogen-bond donors (Lipinski definition) is 1. The first-order valence-electron chi connectivity index (χ1n) is 7.93. The molecule has 2 rings (SSSR count). The topological polar surface area (TPSA) is 76.1 Å². The van der Waals surface area contributed by atoms with Crippen LogP contribution in [-0.4, -0.2) is 48.4 Å². The summed E-state index contributed by atoms with van der Waals surface area (Å²) in [5, 5.41) is 8.92. The first kappa shape index (κ1) is 17.3. The van der Waals surface area contributed by atoms with Gasteiger partial charge in [0.05, 0.1) is 25.7 Å². The summed E-state index contributed by atoms with van der Waals surface area (Å²) in [7, 11) is 0. The van der Waals surface area contributed by atoms with Crippen LogP contribution in [0.4, 0.5) is 4.79 Å². The Morgan fingerprint density at radius 1 is 1.13 bits per heavy atom. The number of hydrogen-bond acceptors (Lipinski definition) is 4. The zero-order valence-corrected chi connectivity index (χ0v) is 13.1. The van der Waals surface area contributed by atoms with E-state index in [9.17, 15) is 9.59 Å². The Morgan fingerprint density at radius 3 is 2.48 bits per heavy atom. The van der Waals surface area contributed by atoms with Crippen molar-refractivity contribution in [2.75, 3.05) is 26.3 Å². The maximum absolute atomic E-state index is 11.8. The molecule has 1 aliphatic heterocycles. The van der Waals surface area contributed by atoms with Gasteiger partial charge in [-0.05, 0) is 18.4 Å². The van der Waals surface area contributed by atoms with E-state index in [-0.39, 0.29) is 12.0 Å². The van der Waals surface area contributed by atoms with Crippen LogP contribution in [0, 0.1) is 5.92 Å². The lowest BCUT2D eigenvalue weighted by Gasteiger charge is -2.29. The van der Waals surface area contributed by atoms with Gasteiger partial charge in [0.2, 0.25) is 0 Å². The summed E-state index contributed by atoms with van der Waals surface area (Å²) in [6.45, 7) is 2.29. The van der Waals surface area contributed by atoms with E-state index in [1.807, 2.05) is 30.3 Å². The van der Waals surface area contributed by atoms with Crippen LogP contribution in [0.5, 0.6) is 0 Å². The number of carboxylic acids is 1. The van der Waals surface area contributed by atoms with E-state index in [2.05, 4.69) is 0 Å². The van der Waals surface area contributed by atoms with E-state index >= 15 is 0 Å². The number of nitrogens with zero attached hydrogens (tertiary/aromatic N) is 1. The van der Waals surface area contributed by atoms with Crippen LogP contribution in [0.1, 0.15) is 24.8 Å². The minimum Gasteiger partial charge on any atom is -0.481 e. The minimum atomic E-state index is -0.784. The fraction of sp³-hybridized carbons (Fsp3) is 0.529. The highest BCUT2D eigenvalue weighted by molar-refractivity contribution is 5.71. The summed E-state index contributed by atoms with van der Waals surface area (Å²) in [4.78, 5) is 24.3. The molecule has 0 spiro atoms. The number of amides is 1. The lowest BCUT2D eigenvalue weighted by atomic mass is 9.97. The fourth-order valence-corrected chi connectivity index (χ4v) is 2.49. The van der Waals surface area contributed by atoms with Crippen molar-refractivity contribution in [3.05, 3.63) is 35.9 Å². The zero-order valence-electron chi connectivity index (χ0n) is 13.1. The highest BCUT2D eigenvalue weighted by Crippen LogP contribution is 2.17. The Kier molecular flexibility index (Phi) is 6.87. The van der Waals surface area contributed by atoms with Gasteiger partial charge in [0.1, 0.15) is 0 Å². The summed E-state index contributed by atoms with van der Waals surface area (Å²) < 4.78 is 10.7. The van der Waals surface area contributed by atoms with Crippen LogP contribution >= 0.6 is 0 Å². The maximum Gasteiger partial charge on any atom is 0.409 e. The molecule has 1 aromatic carbocycles. The SMILES string of the molecule is O=C(O)C1CCN(C(=O)OCCCOCc2ccccc2)CC1. The van der Waals surface area contributed by atoms with Crippen molar-refractivity contribution >= 4 is 12.1 Å². The molecule has 1 aliphatic rings. The summed E-state index contributed by atoms with van der Waals surface area (Å²) in [5.41, 5.74) is 1.12. The molecule has 0 atom stereocenters. The molecule has 1 amide bonds. The molecule has 1 saturated heterocycles. The van der Waals surface area contributed by atoms with Crippen molar-refractivity contribution < 1.29 is 24.2 Å². The van der Waals surface area contributed by atoms with Crippen molar-refractivity contribution in [3.8, 4) is 0 Å². The Balaban J connectivity index is 1.53. The number of rotatable bonds is 7. The number of carbonyl (C=O) groups is 2. The van der Waals surface area contributed by atoms with Crippen molar-refractivity contribution in [3.63, 3.8) is 0 Å². The van der Waals surface area contributed by atoms with Crippen LogP contribution in [0.2, 0.25) is 0 Å². The highest BCUT2D eigenvalue weighted by Gasteiger charge is 2.27. The quantitative estimate of drug-likeness (QED) is 0.781. The number of benzene rings is 1. The van der Waals surface area contributed by atoms with Gasteiger partial charge >= 0.3 is 12.1 Å². The number of piperidine rings is 1. The number of ether oxygens (including phenoxy) is 2. The largest absolute Gasteiger partial charge is 0.481 e. The minimum absolute atomic E-state index is 0.312. The van der Waals surface area contributed by atoms with Crippen LogP contribution in [-0.2, 0) is 20.9 Å². The molecule has 0 aromatic heterocycles. The lowest BCUT2D eigenvalue weighted by Crippen LogP contribution is -2.40. The Bertz CT molecular complexity index is 497. The molecule has 1 heterocycles. The van der Waals surface area contributed by atoms with Gasteiger partial charge in [-0.2, -0.15) is 0 Å². The maximum atomic E-state index is 11.8. The predicted molar refractivity (Wildman–Crippen MR) is 84.0 cm³/mol. The number of carbonyl (C=O) groups excluding carboxylic acids is 1.